The molecule has 62 heavy (non-hydrogen) atoms. The van der Waals surface area contributed by atoms with Gasteiger partial charge in [-0.3, -0.25) is 13.7 Å². The fourth-order valence-corrected chi connectivity index (χ4v) is 10.5. The summed E-state index contributed by atoms with van der Waals surface area (Å²) < 4.78 is 6.94. The van der Waals surface area contributed by atoms with Crippen molar-refractivity contribution in [3.63, 3.8) is 0 Å². The molecule has 0 fully saturated rings. The lowest BCUT2D eigenvalue weighted by molar-refractivity contribution is 0.256. The molecule has 6 heteroatoms. The van der Waals surface area contributed by atoms with E-state index in [-0.39, 0.29) is 27.6 Å². The minimum atomic E-state index is -0.182. The molecule has 6 nitrogen and oxygen atoms in total. The highest BCUT2D eigenvalue weighted by atomic mass is 15.3. The second kappa shape index (κ2) is 13.5. The Bertz CT molecular complexity index is 3250. The third kappa shape index (κ3) is 6.07. The van der Waals surface area contributed by atoms with Crippen LogP contribution >= 0.6 is 0 Å². The lowest BCUT2D eigenvalue weighted by Gasteiger charge is -2.40. The summed E-state index contributed by atoms with van der Waals surface area (Å²) in [5, 5.41) is 5.97. The quantitative estimate of drug-likeness (QED) is 0.178. The maximum absolute atomic E-state index is 5.71. The summed E-state index contributed by atoms with van der Waals surface area (Å²) in [6.07, 6.45) is 2.58. The van der Waals surface area contributed by atoms with Crippen LogP contribution in [0.1, 0.15) is 118 Å². The summed E-state index contributed by atoms with van der Waals surface area (Å²) in [4.78, 5) is 17.0. The Morgan fingerprint density at radius 3 is 1.37 bits per heavy atom. The average Bonchev–Trinajstić information content (AvgIpc) is 3.85. The number of hydrogen-bond acceptors (Lipinski definition) is 3. The molecule has 9 aromatic rings. The number of hydrogen-bond donors (Lipinski definition) is 0. The van der Waals surface area contributed by atoms with E-state index in [1.165, 1.54) is 44.1 Å². The molecular formula is C56H60N6. The second-order valence-electron chi connectivity index (χ2n) is 22.0. The van der Waals surface area contributed by atoms with Crippen LogP contribution in [0, 0.1) is 16.7 Å². The van der Waals surface area contributed by atoms with E-state index in [0.29, 0.717) is 23.8 Å². The summed E-state index contributed by atoms with van der Waals surface area (Å²) in [7, 11) is 0. The molecule has 0 saturated carbocycles. The monoisotopic (exact) mass is 816 g/mol. The van der Waals surface area contributed by atoms with Gasteiger partial charge in [-0.25, -0.2) is 0 Å². The number of benzene rings is 5. The van der Waals surface area contributed by atoms with Crippen molar-refractivity contribution in [2.45, 2.75) is 107 Å². The van der Waals surface area contributed by atoms with Gasteiger partial charge in [0, 0.05) is 26.9 Å². The van der Waals surface area contributed by atoms with E-state index in [9.17, 15) is 0 Å². The molecule has 1 aliphatic carbocycles. The first-order chi connectivity index (χ1) is 29.2. The number of fused-ring (bicyclic) bond motifs is 9. The fraction of sp³-hybridized carbons (Fsp3) is 0.339. The van der Waals surface area contributed by atoms with E-state index >= 15 is 0 Å². The van der Waals surface area contributed by atoms with Gasteiger partial charge in [0.1, 0.15) is 0 Å². The molecule has 10 rings (SSSR count). The first-order valence-corrected chi connectivity index (χ1v) is 22.4. The standard InChI is InChI=1S/C56H60N6/c1-33-40(54(5,6)7)32-42(56(11,12)13)49-47(33)38-25-17-21-29-46(38)62(49)52-58-50(60-43-26-18-14-22-35(43)36-23-15-19-27-44(36)60)57-51(59-52)61-45-28-20-16-24-37(45)39-30-34(53(2,3)4)31-41(48(39)61)55(8,9)10/h14-33,40H,1-13H3. The Morgan fingerprint density at radius 1 is 0.452 bits per heavy atom. The van der Waals surface area contributed by atoms with Gasteiger partial charge in [0.2, 0.25) is 17.8 Å². The Morgan fingerprint density at radius 2 is 0.887 bits per heavy atom. The predicted octanol–water partition coefficient (Wildman–Crippen LogP) is 14.8. The highest BCUT2D eigenvalue weighted by Crippen LogP contribution is 2.53. The number of allylic oxidation sites excluding steroid dienone is 2. The van der Waals surface area contributed by atoms with E-state index < -0.39 is 0 Å². The maximum atomic E-state index is 5.71. The van der Waals surface area contributed by atoms with Gasteiger partial charge in [-0.2, -0.15) is 15.0 Å². The van der Waals surface area contributed by atoms with Crippen LogP contribution in [0.5, 0.6) is 0 Å². The van der Waals surface area contributed by atoms with Gasteiger partial charge in [0.05, 0.1) is 33.3 Å². The minimum absolute atomic E-state index is 0.0442. The first kappa shape index (κ1) is 40.1. The highest BCUT2D eigenvalue weighted by Gasteiger charge is 2.41. The van der Waals surface area contributed by atoms with Gasteiger partial charge < -0.3 is 0 Å². The zero-order valence-corrected chi connectivity index (χ0v) is 38.8. The zero-order valence-electron chi connectivity index (χ0n) is 38.8. The number of nitrogens with zero attached hydrogens (tertiary/aromatic N) is 6. The third-order valence-corrected chi connectivity index (χ3v) is 13.5. The summed E-state index contributed by atoms with van der Waals surface area (Å²) in [5.74, 6) is 2.40. The van der Waals surface area contributed by atoms with Crippen molar-refractivity contribution in [2.75, 3.05) is 0 Å². The molecule has 314 valence electrons. The Kier molecular flexibility index (Phi) is 8.72. The molecule has 0 aliphatic heterocycles. The van der Waals surface area contributed by atoms with Crippen molar-refractivity contribution in [1.29, 1.82) is 0 Å². The molecule has 0 N–H and O–H groups in total. The van der Waals surface area contributed by atoms with Crippen molar-refractivity contribution in [1.82, 2.24) is 28.7 Å². The first-order valence-electron chi connectivity index (χ1n) is 22.4. The highest BCUT2D eigenvalue weighted by molar-refractivity contribution is 6.11. The van der Waals surface area contributed by atoms with E-state index in [2.05, 4.69) is 219 Å². The maximum Gasteiger partial charge on any atom is 0.241 e. The van der Waals surface area contributed by atoms with Crippen molar-refractivity contribution < 1.29 is 0 Å². The van der Waals surface area contributed by atoms with E-state index in [1.807, 2.05) is 0 Å². The van der Waals surface area contributed by atoms with Crippen LogP contribution in [0.3, 0.4) is 0 Å². The molecular weight excluding hydrogens is 757 g/mol. The van der Waals surface area contributed by atoms with Crippen LogP contribution in [0.25, 0.3) is 77.9 Å². The number of aromatic nitrogens is 6. The lowest BCUT2D eigenvalue weighted by atomic mass is 9.64. The topological polar surface area (TPSA) is 53.5 Å². The molecule has 4 aromatic heterocycles. The normalized spacial score (nSPS) is 16.6. The summed E-state index contributed by atoms with van der Waals surface area (Å²) in [6.45, 7) is 30.5. The molecule has 0 bridgehead atoms. The van der Waals surface area contributed by atoms with Crippen LogP contribution in [0.2, 0.25) is 0 Å². The van der Waals surface area contributed by atoms with Crippen LogP contribution in [0.4, 0.5) is 0 Å². The van der Waals surface area contributed by atoms with Gasteiger partial charge in [-0.05, 0) is 86.1 Å². The van der Waals surface area contributed by atoms with Gasteiger partial charge in [-0.1, -0.05) is 175 Å². The Labute approximate surface area is 366 Å². The fourth-order valence-electron chi connectivity index (χ4n) is 10.5. The van der Waals surface area contributed by atoms with Gasteiger partial charge in [0.15, 0.2) is 0 Å². The van der Waals surface area contributed by atoms with Crippen LogP contribution in [-0.4, -0.2) is 28.7 Å². The largest absolute Gasteiger partial charge is 0.278 e. The minimum Gasteiger partial charge on any atom is -0.278 e. The third-order valence-electron chi connectivity index (χ3n) is 13.5. The average molecular weight is 817 g/mol. The molecule has 0 radical (unpaired) electrons. The number of rotatable bonds is 3. The molecule has 2 unspecified atom stereocenters. The van der Waals surface area contributed by atoms with Gasteiger partial charge in [0.25, 0.3) is 0 Å². The summed E-state index contributed by atoms with van der Waals surface area (Å²) in [6, 6.07) is 39.7. The molecule has 0 amide bonds. The lowest BCUT2D eigenvalue weighted by Crippen LogP contribution is -2.30. The van der Waals surface area contributed by atoms with Gasteiger partial charge in [-0.15, -0.1) is 0 Å². The molecule has 1 aliphatic rings. The van der Waals surface area contributed by atoms with E-state index in [4.69, 9.17) is 15.0 Å². The number of para-hydroxylation sites is 4. The molecule has 0 spiro atoms. The molecule has 2 atom stereocenters. The zero-order chi connectivity index (χ0) is 43.8. The van der Waals surface area contributed by atoms with Crippen molar-refractivity contribution in [2.24, 2.45) is 16.7 Å². The van der Waals surface area contributed by atoms with Crippen LogP contribution < -0.4 is 0 Å². The van der Waals surface area contributed by atoms with E-state index in [1.54, 1.807) is 0 Å². The summed E-state index contributed by atoms with van der Waals surface area (Å²) in [5.41, 5.74) is 11.6. The molecule has 5 aromatic carbocycles. The Hall–Kier alpha value is -6.01. The van der Waals surface area contributed by atoms with Crippen molar-refractivity contribution >= 4 is 60.1 Å². The summed E-state index contributed by atoms with van der Waals surface area (Å²) >= 11 is 0. The second-order valence-corrected chi connectivity index (χ2v) is 22.0. The smallest absolute Gasteiger partial charge is 0.241 e. The molecule has 0 saturated heterocycles. The molecule has 4 heterocycles. The van der Waals surface area contributed by atoms with E-state index in [0.717, 1.165) is 38.4 Å². The van der Waals surface area contributed by atoms with Gasteiger partial charge >= 0.3 is 0 Å². The SMILES string of the molecule is CC1c2c(n(-c3nc(-n4c5ccccc5c5ccccc54)nc(-n4c5ccccc5c5cc(C(C)(C)C)cc(C(C)(C)C)c54)n3)c3ccccc23)C(C(C)(C)C)=CC1C(C)(C)C. The van der Waals surface area contributed by atoms with Crippen molar-refractivity contribution in [3.8, 4) is 17.8 Å². The van der Waals surface area contributed by atoms with Crippen LogP contribution in [-0.2, 0) is 10.8 Å². The van der Waals surface area contributed by atoms with Crippen LogP contribution in [0.15, 0.2) is 115 Å². The predicted molar refractivity (Wildman–Crippen MR) is 262 cm³/mol. The Balaban J connectivity index is 1.40. The van der Waals surface area contributed by atoms with Crippen molar-refractivity contribution in [3.05, 3.63) is 138 Å².